The Bertz CT molecular complexity index is 369. The molecular weight excluding hydrogens is 242 g/mol. The molecule has 100 valence electrons. The van der Waals surface area contributed by atoms with Crippen LogP contribution >= 0.6 is 11.8 Å². The molecule has 0 bridgehead atoms. The van der Waals surface area contributed by atoms with Gasteiger partial charge in [0, 0.05) is 16.7 Å². The number of aliphatic hydroxyl groups excluding tert-OH is 1. The third kappa shape index (κ3) is 4.01. The molecule has 2 N–H and O–H groups in total. The smallest absolute Gasteiger partial charge is 0.0662 e. The molecule has 18 heavy (non-hydrogen) atoms. The van der Waals surface area contributed by atoms with Crippen molar-refractivity contribution in [3.63, 3.8) is 0 Å². The summed E-state index contributed by atoms with van der Waals surface area (Å²) in [6.45, 7) is 4.05. The number of thioether (sulfide) groups is 1. The highest BCUT2D eigenvalue weighted by molar-refractivity contribution is 8.00. The topological polar surface area (TPSA) is 32.3 Å². The van der Waals surface area contributed by atoms with Crippen molar-refractivity contribution >= 4 is 11.8 Å². The minimum atomic E-state index is -0.124. The third-order valence-electron chi connectivity index (χ3n) is 3.43. The first-order valence-electron chi connectivity index (χ1n) is 6.94. The molecule has 1 aliphatic carbocycles. The fourth-order valence-electron chi connectivity index (χ4n) is 2.39. The van der Waals surface area contributed by atoms with Gasteiger partial charge >= 0.3 is 0 Å². The van der Waals surface area contributed by atoms with Crippen LogP contribution < -0.4 is 5.32 Å². The van der Waals surface area contributed by atoms with Gasteiger partial charge in [-0.25, -0.2) is 0 Å². The van der Waals surface area contributed by atoms with Gasteiger partial charge in [-0.3, -0.25) is 0 Å². The van der Waals surface area contributed by atoms with Crippen LogP contribution in [0.5, 0.6) is 0 Å². The van der Waals surface area contributed by atoms with Gasteiger partial charge in [-0.15, -0.1) is 11.8 Å². The van der Waals surface area contributed by atoms with E-state index in [0.717, 1.165) is 25.9 Å². The van der Waals surface area contributed by atoms with Crippen LogP contribution in [0.4, 0.5) is 0 Å². The molecule has 1 aromatic carbocycles. The molecule has 1 saturated carbocycles. The zero-order chi connectivity index (χ0) is 12.8. The summed E-state index contributed by atoms with van der Waals surface area (Å²) >= 11 is 1.84. The zero-order valence-corrected chi connectivity index (χ0v) is 11.9. The Morgan fingerprint density at radius 2 is 2.17 bits per heavy atom. The van der Waals surface area contributed by atoms with Gasteiger partial charge in [0.2, 0.25) is 0 Å². The monoisotopic (exact) mass is 265 g/mol. The lowest BCUT2D eigenvalue weighted by atomic mass is 9.97. The molecular formula is C15H23NOS. The summed E-state index contributed by atoms with van der Waals surface area (Å²) in [5, 5.41) is 13.7. The van der Waals surface area contributed by atoms with Crippen LogP contribution in [0.25, 0.3) is 0 Å². The minimum absolute atomic E-state index is 0.124. The number of hydrogen-bond acceptors (Lipinski definition) is 3. The molecule has 3 heteroatoms. The van der Waals surface area contributed by atoms with E-state index in [9.17, 15) is 5.11 Å². The predicted octanol–water partition coefficient (Wildman–Crippen LogP) is 3.19. The quantitative estimate of drug-likeness (QED) is 0.857. The second kappa shape index (κ2) is 7.17. The lowest BCUT2D eigenvalue weighted by Gasteiger charge is -2.27. The molecule has 0 heterocycles. The lowest BCUT2D eigenvalue weighted by Crippen LogP contribution is -2.26. The fraction of sp³-hybridized carbons (Fsp3) is 0.600. The average Bonchev–Trinajstić information content (AvgIpc) is 2.40. The molecule has 0 amide bonds. The van der Waals surface area contributed by atoms with Gasteiger partial charge in [0.25, 0.3) is 0 Å². The number of rotatable bonds is 5. The molecule has 0 aromatic heterocycles. The van der Waals surface area contributed by atoms with Crippen molar-refractivity contribution in [2.24, 2.45) is 0 Å². The van der Waals surface area contributed by atoms with Crippen LogP contribution in [0, 0.1) is 0 Å². The van der Waals surface area contributed by atoms with Crippen LogP contribution in [-0.4, -0.2) is 23.0 Å². The van der Waals surface area contributed by atoms with Crippen molar-refractivity contribution in [1.29, 1.82) is 0 Å². The maximum Gasteiger partial charge on any atom is 0.0662 e. The predicted molar refractivity (Wildman–Crippen MR) is 77.9 cm³/mol. The fourth-order valence-corrected chi connectivity index (χ4v) is 3.69. The van der Waals surface area contributed by atoms with Crippen molar-refractivity contribution in [3.05, 3.63) is 29.8 Å². The molecule has 2 atom stereocenters. The van der Waals surface area contributed by atoms with Crippen LogP contribution in [0.1, 0.15) is 38.2 Å². The first-order valence-corrected chi connectivity index (χ1v) is 7.82. The van der Waals surface area contributed by atoms with Crippen molar-refractivity contribution in [1.82, 2.24) is 5.32 Å². The summed E-state index contributed by atoms with van der Waals surface area (Å²) in [6, 6.07) is 8.67. The Kier molecular flexibility index (Phi) is 5.54. The van der Waals surface area contributed by atoms with Crippen molar-refractivity contribution in [3.8, 4) is 0 Å². The third-order valence-corrected chi connectivity index (χ3v) is 4.81. The van der Waals surface area contributed by atoms with E-state index in [-0.39, 0.29) is 6.10 Å². The molecule has 1 aliphatic rings. The van der Waals surface area contributed by atoms with E-state index < -0.39 is 0 Å². The molecule has 0 aliphatic heterocycles. The second-order valence-corrected chi connectivity index (χ2v) is 6.25. The van der Waals surface area contributed by atoms with Gasteiger partial charge in [0.15, 0.2) is 0 Å². The first-order chi connectivity index (χ1) is 8.79. The highest BCUT2D eigenvalue weighted by atomic mass is 32.2. The van der Waals surface area contributed by atoms with Crippen LogP contribution in [0.3, 0.4) is 0 Å². The zero-order valence-electron chi connectivity index (χ0n) is 11.1. The molecule has 1 aromatic rings. The number of hydrogen-bond donors (Lipinski definition) is 2. The summed E-state index contributed by atoms with van der Waals surface area (Å²) in [7, 11) is 0. The summed E-state index contributed by atoms with van der Waals surface area (Å²) in [6.07, 6.45) is 4.42. The van der Waals surface area contributed by atoms with E-state index in [1.165, 1.54) is 23.3 Å². The lowest BCUT2D eigenvalue weighted by molar-refractivity contribution is 0.137. The standard InChI is InChI=1S/C15H23NOS/c1-2-16-11-12-6-5-7-13(10-12)18-15-9-4-3-8-14(15)17/h5-7,10,14-17H,2-4,8-9,11H2,1H3. The van der Waals surface area contributed by atoms with Gasteiger partial charge in [0.05, 0.1) is 6.10 Å². The second-order valence-electron chi connectivity index (χ2n) is 4.94. The van der Waals surface area contributed by atoms with E-state index >= 15 is 0 Å². The van der Waals surface area contributed by atoms with E-state index in [1.807, 2.05) is 11.8 Å². The van der Waals surface area contributed by atoms with Crippen molar-refractivity contribution in [2.75, 3.05) is 6.54 Å². The average molecular weight is 265 g/mol. The Labute approximate surface area is 114 Å². The van der Waals surface area contributed by atoms with Gasteiger partial charge < -0.3 is 10.4 Å². The van der Waals surface area contributed by atoms with Crippen molar-refractivity contribution < 1.29 is 5.11 Å². The highest BCUT2D eigenvalue weighted by Crippen LogP contribution is 2.34. The molecule has 0 radical (unpaired) electrons. The summed E-state index contributed by atoms with van der Waals surface area (Å²) in [4.78, 5) is 1.29. The van der Waals surface area contributed by atoms with Gasteiger partial charge in [-0.05, 0) is 37.1 Å². The number of nitrogens with one attached hydrogen (secondary N) is 1. The Hall–Kier alpha value is -0.510. The van der Waals surface area contributed by atoms with Gasteiger partial charge in [-0.2, -0.15) is 0 Å². The number of benzene rings is 1. The molecule has 1 fully saturated rings. The first kappa shape index (κ1) is 13.9. The maximum absolute atomic E-state index is 10.0. The van der Waals surface area contributed by atoms with Crippen LogP contribution in [-0.2, 0) is 6.54 Å². The van der Waals surface area contributed by atoms with Crippen LogP contribution in [0.15, 0.2) is 29.2 Å². The van der Waals surface area contributed by atoms with Gasteiger partial charge in [-0.1, -0.05) is 31.9 Å². The Morgan fingerprint density at radius 3 is 2.94 bits per heavy atom. The summed E-state index contributed by atoms with van der Waals surface area (Å²) < 4.78 is 0. The SMILES string of the molecule is CCNCc1cccc(SC2CCCCC2O)c1. The highest BCUT2D eigenvalue weighted by Gasteiger charge is 2.23. The van der Waals surface area contributed by atoms with E-state index in [2.05, 4.69) is 36.5 Å². The maximum atomic E-state index is 10.0. The molecule has 0 saturated heterocycles. The van der Waals surface area contributed by atoms with E-state index in [1.54, 1.807) is 0 Å². The van der Waals surface area contributed by atoms with E-state index in [4.69, 9.17) is 0 Å². The largest absolute Gasteiger partial charge is 0.392 e. The summed E-state index contributed by atoms with van der Waals surface area (Å²) in [5.74, 6) is 0. The number of aliphatic hydroxyl groups is 1. The van der Waals surface area contributed by atoms with E-state index in [0.29, 0.717) is 5.25 Å². The summed E-state index contributed by atoms with van der Waals surface area (Å²) in [5.41, 5.74) is 1.33. The molecule has 0 spiro atoms. The van der Waals surface area contributed by atoms with Crippen molar-refractivity contribution in [2.45, 2.75) is 55.4 Å². The Morgan fingerprint density at radius 1 is 1.33 bits per heavy atom. The molecule has 2 rings (SSSR count). The van der Waals surface area contributed by atoms with Gasteiger partial charge in [0.1, 0.15) is 0 Å². The normalized spacial score (nSPS) is 24.1. The Balaban J connectivity index is 1.95. The molecule has 2 nitrogen and oxygen atoms in total. The minimum Gasteiger partial charge on any atom is -0.392 e. The molecule has 2 unspecified atom stereocenters. The van der Waals surface area contributed by atoms with Crippen LogP contribution in [0.2, 0.25) is 0 Å².